The van der Waals surface area contributed by atoms with Gasteiger partial charge < -0.3 is 11.1 Å². The molecule has 1 aromatic heterocycles. The minimum absolute atomic E-state index is 0.644. The van der Waals surface area contributed by atoms with Gasteiger partial charge in [0.15, 0.2) is 0 Å². The monoisotopic (exact) mass is 253 g/mol. The van der Waals surface area contributed by atoms with Crippen LogP contribution in [0.25, 0.3) is 10.9 Å². The van der Waals surface area contributed by atoms with Crippen molar-refractivity contribution in [3.63, 3.8) is 0 Å². The number of anilines is 2. The van der Waals surface area contributed by atoms with Crippen LogP contribution in [-0.4, -0.2) is 11.0 Å². The zero-order chi connectivity index (χ0) is 12.8. The molecule has 3 atom stereocenters. The van der Waals surface area contributed by atoms with Crippen LogP contribution in [0.2, 0.25) is 0 Å². The third-order valence-electron chi connectivity index (χ3n) is 4.88. The molecule has 0 radical (unpaired) electrons. The normalized spacial score (nSPS) is 28.9. The average Bonchev–Trinajstić information content (AvgIpc) is 3.05. The molecule has 0 saturated heterocycles. The van der Waals surface area contributed by atoms with Crippen LogP contribution in [-0.2, 0) is 0 Å². The molecule has 19 heavy (non-hydrogen) atoms. The third kappa shape index (κ3) is 1.76. The standard InChI is InChI=1S/C16H19N3/c17-13-5-6-14(12-2-1-7-18-16(12)13)19-15-9-10-3-4-11(15)8-10/h1-2,5-7,10-11,15,19H,3-4,8-9,17H2. The van der Waals surface area contributed by atoms with E-state index in [4.69, 9.17) is 5.73 Å². The molecule has 1 heterocycles. The van der Waals surface area contributed by atoms with Gasteiger partial charge in [-0.3, -0.25) is 4.98 Å². The number of hydrogen-bond acceptors (Lipinski definition) is 3. The number of aromatic nitrogens is 1. The van der Waals surface area contributed by atoms with Crippen molar-refractivity contribution in [2.24, 2.45) is 11.8 Å². The summed E-state index contributed by atoms with van der Waals surface area (Å²) >= 11 is 0. The molecule has 4 rings (SSSR count). The van der Waals surface area contributed by atoms with Crippen LogP contribution in [0.1, 0.15) is 25.7 Å². The Kier molecular flexibility index (Phi) is 2.40. The first-order valence-corrected chi connectivity index (χ1v) is 7.21. The van der Waals surface area contributed by atoms with Crippen LogP contribution in [0.5, 0.6) is 0 Å². The van der Waals surface area contributed by atoms with E-state index in [1.165, 1.54) is 31.4 Å². The fourth-order valence-corrected chi connectivity index (χ4v) is 3.94. The Morgan fingerprint density at radius 3 is 2.89 bits per heavy atom. The predicted octanol–water partition coefficient (Wildman–Crippen LogP) is 3.42. The molecule has 3 N–H and O–H groups in total. The maximum atomic E-state index is 6.00. The minimum atomic E-state index is 0.644. The lowest BCUT2D eigenvalue weighted by atomic mass is 9.95. The highest BCUT2D eigenvalue weighted by Crippen LogP contribution is 2.46. The van der Waals surface area contributed by atoms with Crippen LogP contribution < -0.4 is 11.1 Å². The van der Waals surface area contributed by atoms with Crippen molar-refractivity contribution < 1.29 is 0 Å². The molecule has 1 aromatic carbocycles. The molecule has 2 aromatic rings. The largest absolute Gasteiger partial charge is 0.397 e. The molecule has 2 fully saturated rings. The summed E-state index contributed by atoms with van der Waals surface area (Å²) in [5.41, 5.74) is 8.86. The molecule has 0 amide bonds. The summed E-state index contributed by atoms with van der Waals surface area (Å²) in [6, 6.07) is 8.80. The topological polar surface area (TPSA) is 50.9 Å². The van der Waals surface area contributed by atoms with E-state index in [0.29, 0.717) is 6.04 Å². The van der Waals surface area contributed by atoms with E-state index in [1.807, 2.05) is 12.1 Å². The van der Waals surface area contributed by atoms with Crippen molar-refractivity contribution >= 4 is 22.3 Å². The van der Waals surface area contributed by atoms with Gasteiger partial charge in [-0.05, 0) is 55.4 Å². The van der Waals surface area contributed by atoms with Crippen molar-refractivity contribution in [3.8, 4) is 0 Å². The van der Waals surface area contributed by atoms with Gasteiger partial charge in [-0.15, -0.1) is 0 Å². The highest BCUT2D eigenvalue weighted by atomic mass is 14.9. The summed E-state index contributed by atoms with van der Waals surface area (Å²) in [5.74, 6) is 1.83. The van der Waals surface area contributed by atoms with Crippen LogP contribution in [0.4, 0.5) is 11.4 Å². The fraction of sp³-hybridized carbons (Fsp3) is 0.438. The molecule has 0 spiro atoms. The van der Waals surface area contributed by atoms with Crippen LogP contribution >= 0.6 is 0 Å². The first-order chi connectivity index (χ1) is 9.31. The Morgan fingerprint density at radius 1 is 1.16 bits per heavy atom. The summed E-state index contributed by atoms with van der Waals surface area (Å²) in [6.07, 6.45) is 7.39. The second-order valence-corrected chi connectivity index (χ2v) is 6.03. The van der Waals surface area contributed by atoms with Crippen molar-refractivity contribution in [1.82, 2.24) is 4.98 Å². The summed E-state index contributed by atoms with van der Waals surface area (Å²) in [4.78, 5) is 4.40. The lowest BCUT2D eigenvalue weighted by molar-refractivity contribution is 0.440. The minimum Gasteiger partial charge on any atom is -0.397 e. The fourth-order valence-electron chi connectivity index (χ4n) is 3.94. The highest BCUT2D eigenvalue weighted by Gasteiger charge is 2.39. The number of pyridine rings is 1. The van der Waals surface area contributed by atoms with E-state index in [-0.39, 0.29) is 0 Å². The third-order valence-corrected chi connectivity index (χ3v) is 4.88. The second kappa shape index (κ2) is 4.12. The van der Waals surface area contributed by atoms with E-state index >= 15 is 0 Å². The molecule has 2 saturated carbocycles. The lowest BCUT2D eigenvalue weighted by Crippen LogP contribution is -2.25. The molecule has 3 heteroatoms. The molecule has 2 aliphatic rings. The zero-order valence-corrected chi connectivity index (χ0v) is 11.0. The Morgan fingerprint density at radius 2 is 2.11 bits per heavy atom. The summed E-state index contributed by atoms with van der Waals surface area (Å²) in [7, 11) is 0. The van der Waals surface area contributed by atoms with Gasteiger partial charge in [-0.25, -0.2) is 0 Å². The molecule has 2 aliphatic carbocycles. The van der Waals surface area contributed by atoms with Crippen molar-refractivity contribution in [2.45, 2.75) is 31.7 Å². The number of nitrogen functional groups attached to an aromatic ring is 1. The molecule has 0 aliphatic heterocycles. The highest BCUT2D eigenvalue weighted by molar-refractivity contribution is 5.98. The molecule has 3 nitrogen and oxygen atoms in total. The molecule has 98 valence electrons. The van der Waals surface area contributed by atoms with E-state index in [2.05, 4.69) is 22.4 Å². The zero-order valence-electron chi connectivity index (χ0n) is 11.0. The molecular weight excluding hydrogens is 234 g/mol. The number of nitrogens with two attached hydrogens (primary N) is 1. The number of benzene rings is 1. The van der Waals surface area contributed by atoms with Gasteiger partial charge in [-0.1, -0.05) is 6.42 Å². The Balaban J connectivity index is 1.70. The van der Waals surface area contributed by atoms with Crippen molar-refractivity contribution in [1.29, 1.82) is 0 Å². The molecule has 3 unspecified atom stereocenters. The van der Waals surface area contributed by atoms with E-state index in [1.54, 1.807) is 6.20 Å². The van der Waals surface area contributed by atoms with Gasteiger partial charge in [0.2, 0.25) is 0 Å². The first kappa shape index (κ1) is 11.1. The van der Waals surface area contributed by atoms with E-state index in [9.17, 15) is 0 Å². The quantitative estimate of drug-likeness (QED) is 0.806. The van der Waals surface area contributed by atoms with Crippen LogP contribution in [0.15, 0.2) is 30.5 Å². The number of nitrogens with one attached hydrogen (secondary N) is 1. The first-order valence-electron chi connectivity index (χ1n) is 7.21. The SMILES string of the molecule is Nc1ccc(NC2CC3CCC2C3)c2cccnc12. The van der Waals surface area contributed by atoms with Gasteiger partial charge in [0, 0.05) is 23.3 Å². The van der Waals surface area contributed by atoms with Gasteiger partial charge in [-0.2, -0.15) is 0 Å². The van der Waals surface area contributed by atoms with Crippen molar-refractivity contribution in [3.05, 3.63) is 30.5 Å². The maximum Gasteiger partial charge on any atom is 0.0951 e. The summed E-state index contributed by atoms with van der Waals surface area (Å²) in [5, 5.41) is 4.89. The number of rotatable bonds is 2. The van der Waals surface area contributed by atoms with E-state index in [0.717, 1.165) is 28.4 Å². The number of hydrogen-bond donors (Lipinski definition) is 2. The van der Waals surface area contributed by atoms with Gasteiger partial charge >= 0.3 is 0 Å². The predicted molar refractivity (Wildman–Crippen MR) is 79.0 cm³/mol. The second-order valence-electron chi connectivity index (χ2n) is 6.03. The van der Waals surface area contributed by atoms with Gasteiger partial charge in [0.1, 0.15) is 0 Å². The Labute approximate surface area is 113 Å². The maximum absolute atomic E-state index is 6.00. The van der Waals surface area contributed by atoms with Gasteiger partial charge in [0.25, 0.3) is 0 Å². The molecule has 2 bridgehead atoms. The number of fused-ring (bicyclic) bond motifs is 3. The Hall–Kier alpha value is -1.77. The van der Waals surface area contributed by atoms with Crippen LogP contribution in [0, 0.1) is 11.8 Å². The van der Waals surface area contributed by atoms with Gasteiger partial charge in [0.05, 0.1) is 11.2 Å². The Bertz CT molecular complexity index is 622. The van der Waals surface area contributed by atoms with Crippen molar-refractivity contribution in [2.75, 3.05) is 11.1 Å². The number of nitrogens with zero attached hydrogens (tertiary/aromatic N) is 1. The molecular formula is C16H19N3. The summed E-state index contributed by atoms with van der Waals surface area (Å²) in [6.45, 7) is 0. The smallest absolute Gasteiger partial charge is 0.0951 e. The average molecular weight is 253 g/mol. The van der Waals surface area contributed by atoms with Crippen LogP contribution in [0.3, 0.4) is 0 Å². The summed E-state index contributed by atoms with van der Waals surface area (Å²) < 4.78 is 0. The lowest BCUT2D eigenvalue weighted by Gasteiger charge is -2.24. The van der Waals surface area contributed by atoms with E-state index < -0.39 is 0 Å².